The first-order valence-electron chi connectivity index (χ1n) is 13.3. The molecule has 1 aromatic heterocycles. The van der Waals surface area contributed by atoms with Crippen molar-refractivity contribution in [2.75, 3.05) is 18.2 Å². The molecule has 1 amide bonds. The standard InChI is InChI=1S/C32H28FN3O3/c1-20-11-12-26-24(28(20)33)18-23-17-22-9-5-6-10-25(22)32(23,26)36-19-34(15-13-21-7-3-2-4-8-21)31(39)29-30(38)27(37)14-16-35(29)36/h2-12,14,16,23,38H,13,15,17-19H2,1H3. The van der Waals surface area contributed by atoms with Gasteiger partial charge in [0, 0.05) is 24.7 Å². The van der Waals surface area contributed by atoms with Crippen LogP contribution < -0.4 is 10.4 Å². The minimum absolute atomic E-state index is 0.0137. The van der Waals surface area contributed by atoms with E-state index in [4.69, 9.17) is 0 Å². The molecule has 6 nitrogen and oxygen atoms in total. The number of carbonyl (C=O) groups excluding carboxylic acids is 1. The highest BCUT2D eigenvalue weighted by Gasteiger charge is 2.59. The Morgan fingerprint density at radius 3 is 2.54 bits per heavy atom. The van der Waals surface area contributed by atoms with Crippen LogP contribution in [0.5, 0.6) is 5.75 Å². The molecule has 3 aromatic carbocycles. The molecule has 2 aliphatic carbocycles. The maximum absolute atomic E-state index is 15.6. The molecule has 0 saturated heterocycles. The molecule has 3 aliphatic rings. The van der Waals surface area contributed by atoms with E-state index in [0.717, 1.165) is 23.1 Å². The first kappa shape index (κ1) is 23.7. The molecule has 7 rings (SSSR count). The number of amides is 1. The predicted molar refractivity (Wildman–Crippen MR) is 146 cm³/mol. The van der Waals surface area contributed by atoms with Crippen molar-refractivity contribution in [3.63, 3.8) is 0 Å². The lowest BCUT2D eigenvalue weighted by molar-refractivity contribution is 0.0649. The van der Waals surface area contributed by atoms with Crippen molar-refractivity contribution < 1.29 is 14.3 Å². The Morgan fingerprint density at radius 2 is 1.72 bits per heavy atom. The van der Waals surface area contributed by atoms with Gasteiger partial charge in [0.25, 0.3) is 5.91 Å². The Kier molecular flexibility index (Phi) is 5.20. The summed E-state index contributed by atoms with van der Waals surface area (Å²) in [5.41, 5.74) is 4.10. The van der Waals surface area contributed by atoms with Crippen LogP contribution in [0.15, 0.2) is 83.8 Å². The average molecular weight is 522 g/mol. The van der Waals surface area contributed by atoms with E-state index < -0.39 is 22.6 Å². The average Bonchev–Trinajstić information content (AvgIpc) is 3.45. The molecule has 2 atom stereocenters. The smallest absolute Gasteiger partial charge is 0.277 e. The van der Waals surface area contributed by atoms with Crippen LogP contribution in [0.2, 0.25) is 0 Å². The van der Waals surface area contributed by atoms with Gasteiger partial charge in [-0.1, -0.05) is 66.7 Å². The molecule has 196 valence electrons. The summed E-state index contributed by atoms with van der Waals surface area (Å²) in [6.45, 7) is 2.41. The van der Waals surface area contributed by atoms with Crippen LogP contribution in [-0.4, -0.2) is 33.8 Å². The summed E-state index contributed by atoms with van der Waals surface area (Å²) in [5, 5.41) is 13.0. The van der Waals surface area contributed by atoms with E-state index in [-0.39, 0.29) is 24.1 Å². The number of benzene rings is 3. The summed E-state index contributed by atoms with van der Waals surface area (Å²) in [6, 6.07) is 23.3. The Bertz CT molecular complexity index is 1700. The minimum Gasteiger partial charge on any atom is -0.502 e. The summed E-state index contributed by atoms with van der Waals surface area (Å²) in [6.07, 6.45) is 3.52. The van der Waals surface area contributed by atoms with Gasteiger partial charge in [0.15, 0.2) is 11.4 Å². The zero-order valence-corrected chi connectivity index (χ0v) is 21.6. The molecule has 2 heterocycles. The van der Waals surface area contributed by atoms with Gasteiger partial charge in [-0.3, -0.25) is 19.3 Å². The van der Waals surface area contributed by atoms with Crippen molar-refractivity contribution >= 4 is 5.91 Å². The number of nitrogens with zero attached hydrogens (tertiary/aromatic N) is 3. The van der Waals surface area contributed by atoms with E-state index in [0.29, 0.717) is 30.5 Å². The molecule has 39 heavy (non-hydrogen) atoms. The fourth-order valence-corrected chi connectivity index (χ4v) is 7.04. The third-order valence-electron chi connectivity index (χ3n) is 8.81. The van der Waals surface area contributed by atoms with Crippen molar-refractivity contribution in [3.8, 4) is 5.75 Å². The Labute approximate surface area is 225 Å². The fourth-order valence-electron chi connectivity index (χ4n) is 7.04. The Balaban J connectivity index is 1.45. The van der Waals surface area contributed by atoms with Crippen LogP contribution in [0, 0.1) is 18.7 Å². The molecule has 0 spiro atoms. The van der Waals surface area contributed by atoms with Gasteiger partial charge in [-0.15, -0.1) is 0 Å². The van der Waals surface area contributed by atoms with Crippen LogP contribution in [0.3, 0.4) is 0 Å². The zero-order valence-electron chi connectivity index (χ0n) is 21.6. The third-order valence-corrected chi connectivity index (χ3v) is 8.81. The molecule has 0 radical (unpaired) electrons. The second kappa shape index (κ2) is 8.56. The van der Waals surface area contributed by atoms with Crippen LogP contribution in [0.25, 0.3) is 0 Å². The van der Waals surface area contributed by atoms with Crippen molar-refractivity contribution in [1.82, 2.24) is 9.58 Å². The van der Waals surface area contributed by atoms with Gasteiger partial charge in [-0.25, -0.2) is 4.39 Å². The highest BCUT2D eigenvalue weighted by atomic mass is 19.1. The molecular weight excluding hydrogens is 493 g/mol. The van der Waals surface area contributed by atoms with Gasteiger partial charge in [0.2, 0.25) is 5.43 Å². The molecule has 4 aromatic rings. The lowest BCUT2D eigenvalue weighted by Gasteiger charge is -2.50. The SMILES string of the molecule is Cc1ccc2c(c1F)CC1Cc3ccccc3C21N1CN(CCc2ccccc2)C(=O)c2c(O)c(=O)ccn21. The van der Waals surface area contributed by atoms with Gasteiger partial charge in [0.1, 0.15) is 18.0 Å². The van der Waals surface area contributed by atoms with Crippen molar-refractivity contribution in [2.45, 2.75) is 31.7 Å². The predicted octanol–water partition coefficient (Wildman–Crippen LogP) is 4.27. The highest BCUT2D eigenvalue weighted by molar-refractivity contribution is 5.96. The molecule has 0 saturated carbocycles. The molecule has 0 bridgehead atoms. The first-order chi connectivity index (χ1) is 18.9. The fraction of sp³-hybridized carbons (Fsp3) is 0.250. The number of halogens is 1. The van der Waals surface area contributed by atoms with E-state index in [1.165, 1.54) is 11.6 Å². The normalized spacial score (nSPS) is 21.0. The van der Waals surface area contributed by atoms with Crippen molar-refractivity contribution in [3.05, 3.63) is 134 Å². The highest BCUT2D eigenvalue weighted by Crippen LogP contribution is 2.57. The zero-order chi connectivity index (χ0) is 26.9. The minimum atomic E-state index is -0.775. The summed E-state index contributed by atoms with van der Waals surface area (Å²) in [7, 11) is 0. The summed E-state index contributed by atoms with van der Waals surface area (Å²) >= 11 is 0. The van der Waals surface area contributed by atoms with E-state index in [1.807, 2.05) is 54.6 Å². The molecule has 1 N–H and O–H groups in total. The summed E-state index contributed by atoms with van der Waals surface area (Å²) in [4.78, 5) is 28.0. The molecule has 7 heteroatoms. The maximum atomic E-state index is 15.6. The van der Waals surface area contributed by atoms with Gasteiger partial charge in [0.05, 0.1) is 0 Å². The topological polar surface area (TPSA) is 65.8 Å². The number of aryl methyl sites for hydroxylation is 1. The maximum Gasteiger partial charge on any atom is 0.277 e. The molecule has 0 fully saturated rings. The first-order valence-corrected chi connectivity index (χ1v) is 13.3. The monoisotopic (exact) mass is 521 g/mol. The Hall–Kier alpha value is -4.39. The Morgan fingerprint density at radius 1 is 0.949 bits per heavy atom. The second-order valence-electron chi connectivity index (χ2n) is 10.8. The van der Waals surface area contributed by atoms with E-state index in [9.17, 15) is 14.7 Å². The number of pyridine rings is 1. The lowest BCUT2D eigenvalue weighted by Crippen LogP contribution is -2.63. The van der Waals surface area contributed by atoms with Crippen molar-refractivity contribution in [2.24, 2.45) is 5.92 Å². The van der Waals surface area contributed by atoms with E-state index in [1.54, 1.807) is 22.7 Å². The summed E-state index contributed by atoms with van der Waals surface area (Å²) in [5.74, 6) is -1.13. The lowest BCUT2D eigenvalue weighted by atomic mass is 9.81. The van der Waals surface area contributed by atoms with Crippen LogP contribution >= 0.6 is 0 Å². The number of hydrogen-bond donors (Lipinski definition) is 1. The van der Waals surface area contributed by atoms with Crippen LogP contribution in [-0.2, 0) is 24.8 Å². The number of aromatic hydroxyl groups is 1. The van der Waals surface area contributed by atoms with Gasteiger partial charge < -0.3 is 10.0 Å². The number of fused-ring (bicyclic) bond motifs is 6. The van der Waals surface area contributed by atoms with E-state index >= 15 is 4.39 Å². The molecular formula is C32H28FN3O3. The van der Waals surface area contributed by atoms with E-state index in [2.05, 4.69) is 17.1 Å². The number of rotatable bonds is 4. The van der Waals surface area contributed by atoms with Crippen LogP contribution in [0.1, 0.15) is 43.9 Å². The quantitative estimate of drug-likeness (QED) is 0.436. The van der Waals surface area contributed by atoms with Crippen LogP contribution in [0.4, 0.5) is 4.39 Å². The van der Waals surface area contributed by atoms with Gasteiger partial charge in [-0.2, -0.15) is 0 Å². The number of hydrogen-bond acceptors (Lipinski definition) is 4. The third kappa shape index (κ3) is 3.25. The van der Waals surface area contributed by atoms with Gasteiger partial charge in [-0.05, 0) is 59.6 Å². The molecule has 1 aliphatic heterocycles. The van der Waals surface area contributed by atoms with Gasteiger partial charge >= 0.3 is 0 Å². The summed E-state index contributed by atoms with van der Waals surface area (Å²) < 4.78 is 17.3. The largest absolute Gasteiger partial charge is 0.502 e. The number of aromatic nitrogens is 1. The second-order valence-corrected chi connectivity index (χ2v) is 10.8. The van der Waals surface area contributed by atoms with Crippen molar-refractivity contribution in [1.29, 1.82) is 0 Å². The number of carbonyl (C=O) groups is 1. The molecule has 2 unspecified atom stereocenters.